The van der Waals surface area contributed by atoms with E-state index in [-0.39, 0.29) is 17.5 Å². The summed E-state index contributed by atoms with van der Waals surface area (Å²) in [7, 11) is 0. The maximum atomic E-state index is 14.1. The second-order valence-electron chi connectivity index (χ2n) is 6.14. The quantitative estimate of drug-likeness (QED) is 0.785. The molecule has 1 N–H and O–H groups in total. The number of hydrogen-bond acceptors (Lipinski definition) is 2. The summed E-state index contributed by atoms with van der Waals surface area (Å²) < 4.78 is 28.6. The molecular formula is C19H15F2N3O. The van der Waals surface area contributed by atoms with Gasteiger partial charge in [-0.3, -0.25) is 4.79 Å². The minimum atomic E-state index is -0.814. The van der Waals surface area contributed by atoms with E-state index >= 15 is 0 Å². The number of nitrogens with zero attached hydrogens (tertiary/aromatic N) is 2. The van der Waals surface area contributed by atoms with Gasteiger partial charge in [0.2, 0.25) is 5.91 Å². The van der Waals surface area contributed by atoms with Gasteiger partial charge in [0.05, 0.1) is 11.1 Å². The Kier molecular flexibility index (Phi) is 3.60. The second-order valence-corrected chi connectivity index (χ2v) is 6.14. The van der Waals surface area contributed by atoms with Crippen molar-refractivity contribution in [1.29, 1.82) is 0 Å². The van der Waals surface area contributed by atoms with Crippen molar-refractivity contribution in [2.75, 3.05) is 5.32 Å². The molecule has 25 heavy (non-hydrogen) atoms. The van der Waals surface area contributed by atoms with Crippen LogP contribution in [0.15, 0.2) is 60.8 Å². The Morgan fingerprint density at radius 1 is 1.04 bits per heavy atom. The molecule has 1 saturated carbocycles. The molecule has 0 atom stereocenters. The monoisotopic (exact) mass is 339 g/mol. The van der Waals surface area contributed by atoms with Gasteiger partial charge in [0.15, 0.2) is 5.82 Å². The lowest BCUT2D eigenvalue weighted by atomic mass is 9.94. The van der Waals surface area contributed by atoms with E-state index in [0.717, 1.165) is 0 Å². The molecule has 1 aliphatic carbocycles. The number of carbonyl (C=O) groups is 1. The van der Waals surface area contributed by atoms with Crippen LogP contribution in [-0.4, -0.2) is 15.7 Å². The molecule has 1 aromatic heterocycles. The largest absolute Gasteiger partial charge is 0.308 e. The number of hydrogen-bond donors (Lipinski definition) is 1. The zero-order valence-corrected chi connectivity index (χ0v) is 13.2. The molecule has 6 heteroatoms. The number of nitrogens with one attached hydrogen (secondary N) is 1. The first-order valence-corrected chi connectivity index (χ1v) is 7.97. The molecule has 0 spiro atoms. The molecule has 1 aliphatic rings. The average Bonchev–Trinajstić information content (AvgIpc) is 3.29. The van der Waals surface area contributed by atoms with Gasteiger partial charge in [0.1, 0.15) is 11.6 Å². The van der Waals surface area contributed by atoms with E-state index in [0.29, 0.717) is 29.9 Å². The van der Waals surface area contributed by atoms with Gasteiger partial charge in [-0.15, -0.1) is 0 Å². The predicted molar refractivity (Wildman–Crippen MR) is 89.5 cm³/mol. The van der Waals surface area contributed by atoms with Crippen molar-refractivity contribution < 1.29 is 13.6 Å². The van der Waals surface area contributed by atoms with E-state index in [2.05, 4.69) is 10.4 Å². The fourth-order valence-electron chi connectivity index (χ4n) is 2.96. The van der Waals surface area contributed by atoms with Crippen LogP contribution in [-0.2, 0) is 10.2 Å². The van der Waals surface area contributed by atoms with Crippen LogP contribution in [0.25, 0.3) is 5.69 Å². The molecular weight excluding hydrogens is 324 g/mol. The van der Waals surface area contributed by atoms with Crippen LogP contribution in [0.1, 0.15) is 18.4 Å². The van der Waals surface area contributed by atoms with Crippen molar-refractivity contribution >= 4 is 11.7 Å². The minimum Gasteiger partial charge on any atom is -0.308 e. The van der Waals surface area contributed by atoms with Gasteiger partial charge in [-0.1, -0.05) is 18.2 Å². The van der Waals surface area contributed by atoms with Crippen molar-refractivity contribution in [2.45, 2.75) is 18.3 Å². The summed E-state index contributed by atoms with van der Waals surface area (Å²) in [6.45, 7) is 0. The molecule has 4 nitrogen and oxygen atoms in total. The Labute approximate surface area is 143 Å². The van der Waals surface area contributed by atoms with E-state index in [1.54, 1.807) is 42.6 Å². The van der Waals surface area contributed by atoms with Crippen molar-refractivity contribution in [3.63, 3.8) is 0 Å². The normalized spacial score (nSPS) is 15.0. The molecule has 2 aromatic carbocycles. The number of benzene rings is 2. The first kappa shape index (κ1) is 15.5. The molecule has 0 aliphatic heterocycles. The smallest absolute Gasteiger partial charge is 0.236 e. The molecule has 3 aromatic rings. The van der Waals surface area contributed by atoms with Crippen molar-refractivity contribution in [3.8, 4) is 5.69 Å². The summed E-state index contributed by atoms with van der Waals surface area (Å²) in [5.74, 6) is -0.587. The van der Waals surface area contributed by atoms with Crippen LogP contribution in [0.4, 0.5) is 14.6 Å². The van der Waals surface area contributed by atoms with Crippen LogP contribution in [0, 0.1) is 11.6 Å². The Morgan fingerprint density at radius 3 is 2.44 bits per heavy atom. The summed E-state index contributed by atoms with van der Waals surface area (Å²) in [5.41, 5.74) is 0.285. The van der Waals surface area contributed by atoms with Crippen molar-refractivity contribution in [2.24, 2.45) is 0 Å². The number of aromatic nitrogens is 2. The summed E-state index contributed by atoms with van der Waals surface area (Å²) in [5, 5.41) is 7.04. The Balaban J connectivity index is 1.54. The van der Waals surface area contributed by atoms with Gasteiger partial charge < -0.3 is 5.32 Å². The van der Waals surface area contributed by atoms with Gasteiger partial charge in [0, 0.05) is 17.8 Å². The minimum absolute atomic E-state index is 0.262. The predicted octanol–water partition coefficient (Wildman–Crippen LogP) is 3.82. The summed E-state index contributed by atoms with van der Waals surface area (Å²) in [4.78, 5) is 12.7. The highest BCUT2D eigenvalue weighted by atomic mass is 19.1. The third-order valence-electron chi connectivity index (χ3n) is 4.50. The third-order valence-corrected chi connectivity index (χ3v) is 4.50. The molecule has 0 unspecified atom stereocenters. The first-order valence-electron chi connectivity index (χ1n) is 7.97. The van der Waals surface area contributed by atoms with E-state index in [1.165, 1.54) is 22.9 Å². The Bertz CT molecular complexity index is 930. The van der Waals surface area contributed by atoms with Crippen molar-refractivity contribution in [3.05, 3.63) is 78.0 Å². The molecule has 4 rings (SSSR count). The molecule has 126 valence electrons. The maximum Gasteiger partial charge on any atom is 0.236 e. The van der Waals surface area contributed by atoms with Crippen LogP contribution in [0.2, 0.25) is 0 Å². The highest BCUT2D eigenvalue weighted by Crippen LogP contribution is 2.49. The number of amides is 1. The van der Waals surface area contributed by atoms with Gasteiger partial charge in [-0.2, -0.15) is 5.10 Å². The second kappa shape index (κ2) is 5.81. The summed E-state index contributed by atoms with van der Waals surface area (Å²) in [6.07, 6.45) is 2.89. The molecule has 0 bridgehead atoms. The number of rotatable bonds is 4. The highest BCUT2D eigenvalue weighted by Gasteiger charge is 2.52. The van der Waals surface area contributed by atoms with Crippen LogP contribution >= 0.6 is 0 Å². The van der Waals surface area contributed by atoms with Crippen LogP contribution in [0.3, 0.4) is 0 Å². The zero-order valence-electron chi connectivity index (χ0n) is 13.2. The number of carbonyl (C=O) groups excluding carboxylic acids is 1. The lowest BCUT2D eigenvalue weighted by Crippen LogP contribution is -2.29. The van der Waals surface area contributed by atoms with E-state index in [1.807, 2.05) is 0 Å². The van der Waals surface area contributed by atoms with Crippen LogP contribution in [0.5, 0.6) is 0 Å². The topological polar surface area (TPSA) is 46.9 Å². The van der Waals surface area contributed by atoms with Gasteiger partial charge in [-0.25, -0.2) is 13.5 Å². The lowest BCUT2D eigenvalue weighted by molar-refractivity contribution is -0.118. The Hall–Kier alpha value is -3.02. The molecule has 1 amide bonds. The SMILES string of the molecule is O=C(Nc1ccn(-c2ccc(F)cc2)n1)C1(c2ccccc2F)CC1. The van der Waals surface area contributed by atoms with Crippen LogP contribution < -0.4 is 5.32 Å². The molecule has 0 radical (unpaired) electrons. The first-order chi connectivity index (χ1) is 12.1. The highest BCUT2D eigenvalue weighted by molar-refractivity contribution is 6.00. The molecule has 1 fully saturated rings. The van der Waals surface area contributed by atoms with Gasteiger partial charge in [0.25, 0.3) is 0 Å². The van der Waals surface area contributed by atoms with E-state index in [9.17, 15) is 13.6 Å². The van der Waals surface area contributed by atoms with E-state index < -0.39 is 5.41 Å². The fourth-order valence-corrected chi connectivity index (χ4v) is 2.96. The third kappa shape index (κ3) is 2.80. The molecule has 1 heterocycles. The number of anilines is 1. The summed E-state index contributed by atoms with van der Waals surface area (Å²) in [6, 6.07) is 13.9. The lowest BCUT2D eigenvalue weighted by Gasteiger charge is -2.15. The maximum absolute atomic E-state index is 14.1. The fraction of sp³-hybridized carbons (Fsp3) is 0.158. The zero-order chi connectivity index (χ0) is 17.4. The Morgan fingerprint density at radius 2 is 1.76 bits per heavy atom. The van der Waals surface area contributed by atoms with Gasteiger partial charge >= 0.3 is 0 Å². The van der Waals surface area contributed by atoms with E-state index in [4.69, 9.17) is 0 Å². The van der Waals surface area contributed by atoms with Gasteiger partial charge in [-0.05, 0) is 43.2 Å². The standard InChI is InChI=1S/C19H15F2N3O/c20-13-5-7-14(8-6-13)24-12-9-17(23-24)22-18(25)19(10-11-19)15-3-1-2-4-16(15)21/h1-9,12H,10-11H2,(H,22,23,25). The van der Waals surface area contributed by atoms with Crippen molar-refractivity contribution in [1.82, 2.24) is 9.78 Å². The number of halogens is 2. The summed E-state index contributed by atoms with van der Waals surface area (Å²) >= 11 is 0. The molecule has 0 saturated heterocycles. The average molecular weight is 339 g/mol.